The number of benzene rings is 1. The molecule has 4 heterocycles. The quantitative estimate of drug-likeness (QED) is 0.233. The number of hydrogen-bond acceptors (Lipinski definition) is 5. The Labute approximate surface area is 218 Å². The van der Waals surface area contributed by atoms with Crippen LogP contribution in [-0.4, -0.2) is 26.5 Å². The molecule has 3 aliphatic rings. The van der Waals surface area contributed by atoms with E-state index in [4.69, 9.17) is 0 Å². The number of hydrogen-bond donors (Lipinski definition) is 4. The van der Waals surface area contributed by atoms with Crippen molar-refractivity contribution in [3.63, 3.8) is 0 Å². The molecule has 1 aliphatic heterocycles. The van der Waals surface area contributed by atoms with E-state index in [1.807, 2.05) is 68.5 Å². The van der Waals surface area contributed by atoms with Crippen LogP contribution >= 0.6 is 0 Å². The number of Topliss-reactive ketones (excluding diaryl/α,β-unsaturated/α-hetero) is 2. The SMILES string of the molecule is CC1=CC2=CNc3ccncc3NC=C3C=C(C)C=C(C3=O)c3cc4ccc5cc([nH]c5c4[nH]3)C(=C1)C2=O. The lowest BCUT2D eigenvalue weighted by molar-refractivity contribution is -0.111. The van der Waals surface area contributed by atoms with E-state index in [-0.39, 0.29) is 11.6 Å². The van der Waals surface area contributed by atoms with Crippen molar-refractivity contribution in [2.75, 3.05) is 10.6 Å². The van der Waals surface area contributed by atoms with Crippen LogP contribution in [-0.2, 0) is 9.59 Å². The van der Waals surface area contributed by atoms with Crippen LogP contribution in [0, 0.1) is 0 Å². The lowest BCUT2D eigenvalue weighted by atomic mass is 9.92. The number of rotatable bonds is 0. The van der Waals surface area contributed by atoms with E-state index < -0.39 is 0 Å². The number of nitrogens with zero attached hydrogens (tertiary/aromatic N) is 1. The van der Waals surface area contributed by atoms with Crippen LogP contribution in [0.1, 0.15) is 25.2 Å². The van der Waals surface area contributed by atoms with Crippen molar-refractivity contribution < 1.29 is 9.59 Å². The Morgan fingerprint density at radius 2 is 1.18 bits per heavy atom. The Hall–Kier alpha value is -5.17. The van der Waals surface area contributed by atoms with Gasteiger partial charge < -0.3 is 20.6 Å². The molecule has 3 aromatic heterocycles. The van der Waals surface area contributed by atoms with Gasteiger partial charge in [-0.2, -0.15) is 0 Å². The Bertz CT molecular complexity index is 1780. The predicted molar refractivity (Wildman–Crippen MR) is 151 cm³/mol. The molecule has 184 valence electrons. The fourth-order valence-corrected chi connectivity index (χ4v) is 5.25. The first-order valence-corrected chi connectivity index (χ1v) is 12.4. The Balaban J connectivity index is 1.48. The fourth-order valence-electron chi connectivity index (χ4n) is 5.25. The molecule has 0 spiro atoms. The zero-order valence-corrected chi connectivity index (χ0v) is 20.8. The molecule has 38 heavy (non-hydrogen) atoms. The van der Waals surface area contributed by atoms with Gasteiger partial charge in [0.25, 0.3) is 0 Å². The maximum atomic E-state index is 13.6. The molecule has 4 aromatic rings. The summed E-state index contributed by atoms with van der Waals surface area (Å²) < 4.78 is 0. The molecule has 2 aliphatic carbocycles. The van der Waals surface area contributed by atoms with Gasteiger partial charge in [-0.1, -0.05) is 12.1 Å². The monoisotopic (exact) mass is 497 g/mol. The highest BCUT2D eigenvalue weighted by molar-refractivity contribution is 6.32. The summed E-state index contributed by atoms with van der Waals surface area (Å²) >= 11 is 0. The Kier molecular flexibility index (Phi) is 4.75. The summed E-state index contributed by atoms with van der Waals surface area (Å²) in [7, 11) is 0. The van der Waals surface area contributed by atoms with Crippen LogP contribution in [0.3, 0.4) is 0 Å². The molecule has 0 amide bonds. The molecule has 7 rings (SSSR count). The molecular weight excluding hydrogens is 474 g/mol. The van der Waals surface area contributed by atoms with E-state index in [0.29, 0.717) is 28.0 Å². The van der Waals surface area contributed by atoms with Gasteiger partial charge in [0, 0.05) is 51.7 Å². The molecule has 7 nitrogen and oxygen atoms in total. The first kappa shape index (κ1) is 22.1. The number of H-pyrrole nitrogens is 2. The number of allylic oxidation sites excluding steroid dienone is 10. The zero-order chi connectivity index (χ0) is 26.0. The van der Waals surface area contributed by atoms with Gasteiger partial charge in [-0.3, -0.25) is 14.6 Å². The van der Waals surface area contributed by atoms with E-state index >= 15 is 0 Å². The predicted octanol–water partition coefficient (Wildman–Crippen LogP) is 6.17. The minimum atomic E-state index is -0.0781. The summed E-state index contributed by atoms with van der Waals surface area (Å²) in [5.41, 5.74) is 8.91. The van der Waals surface area contributed by atoms with Crippen molar-refractivity contribution in [3.05, 3.63) is 113 Å². The number of anilines is 2. The van der Waals surface area contributed by atoms with Crippen molar-refractivity contribution in [1.82, 2.24) is 15.0 Å². The van der Waals surface area contributed by atoms with Crippen LogP contribution in [0.2, 0.25) is 0 Å². The Morgan fingerprint density at radius 3 is 1.74 bits per heavy atom. The number of carbonyl (C=O) groups is 2. The number of ketones is 2. The summed E-state index contributed by atoms with van der Waals surface area (Å²) in [6.07, 6.45) is 14.3. The van der Waals surface area contributed by atoms with Gasteiger partial charge in [0.2, 0.25) is 0 Å². The maximum absolute atomic E-state index is 13.6. The van der Waals surface area contributed by atoms with Crippen LogP contribution in [0.25, 0.3) is 33.0 Å². The molecule has 1 aromatic carbocycles. The van der Waals surface area contributed by atoms with Crippen LogP contribution in [0.4, 0.5) is 11.4 Å². The molecule has 0 unspecified atom stereocenters. The van der Waals surface area contributed by atoms with E-state index in [1.54, 1.807) is 24.8 Å². The second kappa shape index (κ2) is 8.18. The number of fused-ring (bicyclic) bond motifs is 9. The van der Waals surface area contributed by atoms with Gasteiger partial charge in [-0.15, -0.1) is 0 Å². The number of carbonyl (C=O) groups excluding carboxylic acids is 2. The number of nitrogens with one attached hydrogen (secondary N) is 4. The zero-order valence-electron chi connectivity index (χ0n) is 20.8. The average Bonchev–Trinajstić information content (AvgIpc) is 3.53. The molecular formula is C31H23N5O2. The van der Waals surface area contributed by atoms with E-state index in [2.05, 4.69) is 25.6 Å². The summed E-state index contributed by atoms with van der Waals surface area (Å²) in [4.78, 5) is 38.3. The third-order valence-electron chi connectivity index (χ3n) is 7.08. The molecule has 0 atom stereocenters. The topological polar surface area (TPSA) is 103 Å². The fraction of sp³-hybridized carbons (Fsp3) is 0.0645. The summed E-state index contributed by atoms with van der Waals surface area (Å²) in [6, 6.07) is 9.88. The third-order valence-corrected chi connectivity index (χ3v) is 7.08. The van der Waals surface area contributed by atoms with Crippen molar-refractivity contribution in [1.29, 1.82) is 0 Å². The molecule has 0 radical (unpaired) electrons. The van der Waals surface area contributed by atoms with Crippen LogP contribution in [0.15, 0.2) is 102 Å². The first-order valence-electron chi connectivity index (χ1n) is 12.4. The normalized spacial score (nSPS) is 17.1. The highest BCUT2D eigenvalue weighted by Crippen LogP contribution is 2.35. The first-order chi connectivity index (χ1) is 18.4. The lowest BCUT2D eigenvalue weighted by Crippen LogP contribution is -2.11. The summed E-state index contributed by atoms with van der Waals surface area (Å²) in [5, 5.41) is 8.45. The van der Waals surface area contributed by atoms with Gasteiger partial charge in [-0.05, 0) is 67.5 Å². The minimum Gasteiger partial charge on any atom is -0.359 e. The summed E-state index contributed by atoms with van der Waals surface area (Å²) in [5.74, 6) is -0.152. The maximum Gasteiger partial charge on any atom is 0.196 e. The molecule has 4 N–H and O–H groups in total. The Morgan fingerprint density at radius 1 is 0.658 bits per heavy atom. The molecule has 7 heteroatoms. The van der Waals surface area contributed by atoms with Crippen molar-refractivity contribution in [3.8, 4) is 0 Å². The van der Waals surface area contributed by atoms with Gasteiger partial charge in [-0.25, -0.2) is 0 Å². The standard InChI is InChI=1S/C31H23N5O2/c1-16-7-20-13-33-24-5-6-32-15-27(24)34-14-21-8-17(2)10-23(31(21)38)26-12-19-4-3-18-11-25(22(9-16)30(20)37)35-28(18)29(19)36-26/h3-15,33-36H,1-2H3. The molecule has 8 bridgehead atoms. The molecule has 0 saturated carbocycles. The highest BCUT2D eigenvalue weighted by atomic mass is 16.1. The lowest BCUT2D eigenvalue weighted by Gasteiger charge is -2.15. The average molecular weight is 498 g/mol. The third kappa shape index (κ3) is 3.48. The van der Waals surface area contributed by atoms with Crippen molar-refractivity contribution >= 4 is 55.9 Å². The van der Waals surface area contributed by atoms with Gasteiger partial charge in [0.05, 0.1) is 40.0 Å². The second-order valence-corrected chi connectivity index (χ2v) is 9.82. The number of aromatic nitrogens is 3. The van der Waals surface area contributed by atoms with Crippen molar-refractivity contribution in [2.24, 2.45) is 0 Å². The van der Waals surface area contributed by atoms with E-state index in [0.717, 1.165) is 50.0 Å². The molecule has 0 saturated heterocycles. The minimum absolute atomic E-state index is 0.0734. The second-order valence-electron chi connectivity index (χ2n) is 9.82. The van der Waals surface area contributed by atoms with Crippen LogP contribution < -0.4 is 10.6 Å². The number of aromatic amines is 2. The van der Waals surface area contributed by atoms with Gasteiger partial charge in [0.15, 0.2) is 11.6 Å². The number of pyridine rings is 1. The van der Waals surface area contributed by atoms with Crippen LogP contribution in [0.5, 0.6) is 0 Å². The van der Waals surface area contributed by atoms with E-state index in [1.165, 1.54) is 0 Å². The van der Waals surface area contributed by atoms with E-state index in [9.17, 15) is 9.59 Å². The molecule has 0 fully saturated rings. The van der Waals surface area contributed by atoms with Crippen molar-refractivity contribution in [2.45, 2.75) is 13.8 Å². The smallest absolute Gasteiger partial charge is 0.196 e. The van der Waals surface area contributed by atoms with Gasteiger partial charge in [0.1, 0.15) is 0 Å². The summed E-state index contributed by atoms with van der Waals surface area (Å²) in [6.45, 7) is 3.96. The largest absolute Gasteiger partial charge is 0.359 e. The highest BCUT2D eigenvalue weighted by Gasteiger charge is 2.24. The van der Waals surface area contributed by atoms with Gasteiger partial charge >= 0.3 is 0 Å².